The normalized spacial score (nSPS) is 22.2. The van der Waals surface area contributed by atoms with E-state index in [-0.39, 0.29) is 30.0 Å². The number of hydrogen-bond acceptors (Lipinski definition) is 7. The fourth-order valence-electron chi connectivity index (χ4n) is 7.61. The quantitative estimate of drug-likeness (QED) is 0.158. The molecule has 13 nitrogen and oxygen atoms in total. The predicted octanol–water partition coefficient (Wildman–Crippen LogP) is 5.51. The highest BCUT2D eigenvalue weighted by Crippen LogP contribution is 2.48. The zero-order chi connectivity index (χ0) is 35.8. The van der Waals surface area contributed by atoms with Gasteiger partial charge >= 0.3 is 22.5 Å². The summed E-state index contributed by atoms with van der Waals surface area (Å²) in [6.07, 6.45) is 13.0. The van der Waals surface area contributed by atoms with Crippen LogP contribution in [0.4, 0.5) is 9.59 Å². The summed E-state index contributed by atoms with van der Waals surface area (Å²) in [4.78, 5) is 40.2. The zero-order valence-electron chi connectivity index (χ0n) is 30.7. The van der Waals surface area contributed by atoms with Crippen LogP contribution in [0.15, 0.2) is 0 Å². The first kappa shape index (κ1) is 40.3. The van der Waals surface area contributed by atoms with Crippen LogP contribution in [0.3, 0.4) is 0 Å². The van der Waals surface area contributed by atoms with Crippen LogP contribution >= 0.6 is 0 Å². The molecular formula is C34H64N5O8S+. The number of nitrogens with one attached hydrogen (secondary N) is 1. The first-order chi connectivity index (χ1) is 22.5. The molecule has 4 fully saturated rings. The summed E-state index contributed by atoms with van der Waals surface area (Å²) in [6, 6.07) is -2.03. The second-order valence-electron chi connectivity index (χ2n) is 15.6. The van der Waals surface area contributed by atoms with Crippen LogP contribution in [0.1, 0.15) is 126 Å². The van der Waals surface area contributed by atoms with Gasteiger partial charge < -0.3 is 24.3 Å². The number of amides is 4. The lowest BCUT2D eigenvalue weighted by atomic mass is 9.60. The number of likely N-dealkylation sites (tertiary alicyclic amines) is 1. The lowest BCUT2D eigenvalue weighted by molar-refractivity contribution is -0.929. The molecule has 0 aromatic rings. The van der Waals surface area contributed by atoms with Crippen LogP contribution in [0.5, 0.6) is 0 Å². The number of unbranched alkanes of at least 4 members (excludes halogenated alkanes) is 4. The second kappa shape index (κ2) is 17.2. The van der Waals surface area contributed by atoms with Gasteiger partial charge in [-0.05, 0) is 72.1 Å². The van der Waals surface area contributed by atoms with Gasteiger partial charge in [0.25, 0.3) is 0 Å². The van der Waals surface area contributed by atoms with E-state index in [1.54, 1.807) is 4.90 Å². The minimum absolute atomic E-state index is 0.0100. The maximum absolute atomic E-state index is 12.8. The molecule has 4 rings (SSSR count). The Kier molecular flexibility index (Phi) is 14.4. The van der Waals surface area contributed by atoms with Crippen molar-refractivity contribution < 1.29 is 40.9 Å². The van der Waals surface area contributed by atoms with Crippen molar-refractivity contribution in [2.24, 2.45) is 5.41 Å². The molecule has 3 heterocycles. The number of quaternary nitrogens is 1. The monoisotopic (exact) mass is 702 g/mol. The maximum atomic E-state index is 12.8. The summed E-state index contributed by atoms with van der Waals surface area (Å²) in [5.74, 6) is -0.288. The van der Waals surface area contributed by atoms with E-state index >= 15 is 0 Å². The van der Waals surface area contributed by atoms with Crippen molar-refractivity contribution in [3.05, 3.63) is 0 Å². The van der Waals surface area contributed by atoms with Gasteiger partial charge in [0, 0.05) is 31.1 Å². The SMILES string of the molecule is CC(C)(C)OC(=O)N1CC2(CC(NC(=O)[C@@H]3CC[C@@H]4CN3C(=O)N4OS(=O)(=O)O)C2)C1.CCCC[N+](CCCC)(CCCC)CCCC. The Balaban J connectivity index is 0.000000315. The van der Waals surface area contributed by atoms with E-state index in [0.29, 0.717) is 31.0 Å². The third-order valence-electron chi connectivity index (χ3n) is 10.2. The topological polar surface area (TPSA) is 146 Å². The van der Waals surface area contributed by atoms with Gasteiger partial charge in [-0.25, -0.2) is 9.59 Å². The molecule has 0 aromatic heterocycles. The number of hydrogen-bond donors (Lipinski definition) is 2. The van der Waals surface area contributed by atoms with E-state index in [2.05, 4.69) is 37.3 Å². The summed E-state index contributed by atoms with van der Waals surface area (Å²) in [5, 5.41) is 3.59. The number of carbonyl (C=O) groups is 3. The molecule has 278 valence electrons. The number of hydroxylamine groups is 2. The second-order valence-corrected chi connectivity index (χ2v) is 16.6. The molecule has 3 saturated heterocycles. The Morgan fingerprint density at radius 2 is 1.42 bits per heavy atom. The standard InChI is InChI=1S/C18H28N4O8S.C16H36N/c1-17(2,3)29-16(25)20-9-18(10-20)6-11(7-18)19-14(23)13-5-4-12-8-21(13)15(24)22(12)30-31(26,27)28;1-5-9-13-17(14-10-6-2,15-11-7-3)16-12-8-4/h11-13H,4-10H2,1-3H3,(H,19,23)(H,26,27,28);5-16H2,1-4H3/q;+1/t12-,13+;/m1./s1. The molecule has 0 radical (unpaired) electrons. The molecule has 2 bridgehead atoms. The van der Waals surface area contributed by atoms with E-state index < -0.39 is 34.1 Å². The number of ether oxygens (including phenoxy) is 1. The average Bonchev–Trinajstić information content (AvgIpc) is 3.19. The molecule has 4 aliphatic rings. The van der Waals surface area contributed by atoms with Crippen LogP contribution in [0.2, 0.25) is 0 Å². The lowest BCUT2D eigenvalue weighted by Crippen LogP contribution is -2.68. The Morgan fingerprint density at radius 3 is 1.85 bits per heavy atom. The van der Waals surface area contributed by atoms with Crippen LogP contribution < -0.4 is 5.32 Å². The number of nitrogens with zero attached hydrogens (tertiary/aromatic N) is 4. The number of piperidine rings is 1. The van der Waals surface area contributed by atoms with Gasteiger partial charge in [0.1, 0.15) is 11.6 Å². The van der Waals surface area contributed by atoms with Gasteiger partial charge in [-0.15, -0.1) is 4.28 Å². The van der Waals surface area contributed by atoms with E-state index in [4.69, 9.17) is 9.29 Å². The van der Waals surface area contributed by atoms with Crippen molar-refractivity contribution in [1.29, 1.82) is 0 Å². The Hall–Kier alpha value is -2.16. The van der Waals surface area contributed by atoms with E-state index in [9.17, 15) is 22.8 Å². The summed E-state index contributed by atoms with van der Waals surface area (Å²) < 4.78 is 41.9. The highest BCUT2D eigenvalue weighted by Gasteiger charge is 2.56. The molecule has 48 heavy (non-hydrogen) atoms. The van der Waals surface area contributed by atoms with Gasteiger partial charge in [-0.1, -0.05) is 53.4 Å². The number of urea groups is 1. The van der Waals surface area contributed by atoms with Crippen LogP contribution in [0, 0.1) is 5.41 Å². The van der Waals surface area contributed by atoms with Crippen molar-refractivity contribution in [2.75, 3.05) is 45.8 Å². The minimum atomic E-state index is -4.82. The largest absolute Gasteiger partial charge is 0.444 e. The number of rotatable bonds is 16. The zero-order valence-corrected chi connectivity index (χ0v) is 31.5. The summed E-state index contributed by atoms with van der Waals surface area (Å²) in [6.45, 7) is 21.8. The lowest BCUT2D eigenvalue weighted by Gasteiger charge is -2.58. The minimum Gasteiger partial charge on any atom is -0.444 e. The highest BCUT2D eigenvalue weighted by atomic mass is 32.3. The highest BCUT2D eigenvalue weighted by molar-refractivity contribution is 7.80. The summed E-state index contributed by atoms with van der Waals surface area (Å²) >= 11 is 0. The third-order valence-corrected chi connectivity index (χ3v) is 10.5. The van der Waals surface area contributed by atoms with E-state index in [1.165, 1.54) is 86.9 Å². The Labute approximate surface area is 289 Å². The van der Waals surface area contributed by atoms with Gasteiger partial charge in [0.2, 0.25) is 5.91 Å². The van der Waals surface area contributed by atoms with Crippen molar-refractivity contribution in [3.8, 4) is 0 Å². The van der Waals surface area contributed by atoms with Crippen LogP contribution in [-0.2, 0) is 24.2 Å². The molecule has 1 spiro atoms. The average molecular weight is 703 g/mol. The Morgan fingerprint density at radius 1 is 0.917 bits per heavy atom. The molecule has 0 unspecified atom stereocenters. The van der Waals surface area contributed by atoms with E-state index in [0.717, 1.165) is 12.8 Å². The van der Waals surface area contributed by atoms with Crippen molar-refractivity contribution in [1.82, 2.24) is 20.2 Å². The molecule has 4 amide bonds. The Bertz CT molecular complexity index is 1140. The fraction of sp³-hybridized carbons (Fsp3) is 0.912. The van der Waals surface area contributed by atoms with Crippen molar-refractivity contribution >= 4 is 28.4 Å². The smallest absolute Gasteiger partial charge is 0.418 e. The molecule has 1 aliphatic carbocycles. The maximum Gasteiger partial charge on any atom is 0.418 e. The number of carbonyl (C=O) groups excluding carboxylic acids is 3. The molecule has 0 aromatic carbocycles. The van der Waals surface area contributed by atoms with Gasteiger partial charge in [-0.2, -0.15) is 13.5 Å². The molecule has 2 N–H and O–H groups in total. The number of fused-ring (bicyclic) bond motifs is 2. The first-order valence-electron chi connectivity index (χ1n) is 18.4. The summed E-state index contributed by atoms with van der Waals surface area (Å²) in [5.41, 5.74) is -0.528. The van der Waals surface area contributed by atoms with Crippen molar-refractivity contribution in [2.45, 2.75) is 149 Å². The van der Waals surface area contributed by atoms with Gasteiger partial charge in [0.05, 0.1) is 32.2 Å². The van der Waals surface area contributed by atoms with Crippen LogP contribution in [0.25, 0.3) is 0 Å². The van der Waals surface area contributed by atoms with Crippen molar-refractivity contribution in [3.63, 3.8) is 0 Å². The molecule has 14 heteroatoms. The van der Waals surface area contributed by atoms with Crippen LogP contribution in [-0.4, -0.2) is 120 Å². The molecule has 3 aliphatic heterocycles. The van der Waals surface area contributed by atoms with E-state index in [1.807, 2.05) is 20.8 Å². The van der Waals surface area contributed by atoms with Gasteiger partial charge in [-0.3, -0.25) is 9.35 Å². The molecule has 1 saturated carbocycles. The van der Waals surface area contributed by atoms with Gasteiger partial charge in [0.15, 0.2) is 0 Å². The molecule has 2 atom stereocenters. The fourth-order valence-corrected chi connectivity index (χ4v) is 8.00. The predicted molar refractivity (Wildman–Crippen MR) is 184 cm³/mol. The molecular weight excluding hydrogens is 638 g/mol. The summed E-state index contributed by atoms with van der Waals surface area (Å²) in [7, 11) is -4.82. The third kappa shape index (κ3) is 11.2. The first-order valence-corrected chi connectivity index (χ1v) is 19.8.